The zero-order valence-electron chi connectivity index (χ0n) is 26.5. The van der Waals surface area contributed by atoms with Crippen LogP contribution in [-0.2, 0) is 0 Å². The van der Waals surface area contributed by atoms with Gasteiger partial charge in [0.15, 0.2) is 0 Å². The van der Waals surface area contributed by atoms with Crippen molar-refractivity contribution in [2.75, 3.05) is 4.90 Å². The molecule has 0 amide bonds. The number of anilines is 3. The lowest BCUT2D eigenvalue weighted by molar-refractivity contribution is 0.669. The highest BCUT2D eigenvalue weighted by atomic mass is 32.1. The lowest BCUT2D eigenvalue weighted by Gasteiger charge is -2.28. The van der Waals surface area contributed by atoms with E-state index in [1.807, 2.05) is 23.5 Å². The molecule has 230 valence electrons. The van der Waals surface area contributed by atoms with Crippen LogP contribution in [0.4, 0.5) is 17.1 Å². The molecule has 2 nitrogen and oxygen atoms in total. The van der Waals surface area contributed by atoms with Crippen molar-refractivity contribution in [2.24, 2.45) is 0 Å². The van der Waals surface area contributed by atoms with E-state index in [1.54, 1.807) is 0 Å². The Morgan fingerprint density at radius 2 is 0.980 bits per heavy atom. The lowest BCUT2D eigenvalue weighted by atomic mass is 9.96. The van der Waals surface area contributed by atoms with E-state index in [0.29, 0.717) is 0 Å². The number of furan rings is 1. The maximum Gasteiger partial charge on any atom is 0.137 e. The van der Waals surface area contributed by atoms with Gasteiger partial charge in [-0.25, -0.2) is 0 Å². The van der Waals surface area contributed by atoms with E-state index in [-0.39, 0.29) is 0 Å². The van der Waals surface area contributed by atoms with Crippen molar-refractivity contribution in [1.29, 1.82) is 0 Å². The van der Waals surface area contributed by atoms with E-state index >= 15 is 0 Å². The van der Waals surface area contributed by atoms with Crippen molar-refractivity contribution in [1.82, 2.24) is 0 Å². The molecule has 0 saturated heterocycles. The van der Waals surface area contributed by atoms with Crippen molar-refractivity contribution in [3.63, 3.8) is 0 Å². The number of benzene rings is 8. The zero-order valence-corrected chi connectivity index (χ0v) is 27.3. The summed E-state index contributed by atoms with van der Waals surface area (Å²) in [6.07, 6.45) is 0. The number of nitrogens with zero attached hydrogens (tertiary/aromatic N) is 1. The van der Waals surface area contributed by atoms with E-state index in [1.165, 1.54) is 53.2 Å². The Hall–Kier alpha value is -6.16. The van der Waals surface area contributed by atoms with Gasteiger partial charge in [0, 0.05) is 43.4 Å². The highest BCUT2D eigenvalue weighted by Gasteiger charge is 2.22. The Morgan fingerprint density at radius 1 is 0.367 bits per heavy atom. The Balaban J connectivity index is 1.27. The number of thiophene rings is 1. The van der Waals surface area contributed by atoms with Gasteiger partial charge >= 0.3 is 0 Å². The van der Waals surface area contributed by atoms with Crippen LogP contribution in [-0.4, -0.2) is 0 Å². The highest BCUT2D eigenvalue weighted by molar-refractivity contribution is 7.27. The molecule has 0 aliphatic rings. The van der Waals surface area contributed by atoms with Crippen LogP contribution in [0.25, 0.3) is 75.1 Å². The highest BCUT2D eigenvalue weighted by Crippen LogP contribution is 2.49. The summed E-state index contributed by atoms with van der Waals surface area (Å²) in [6.45, 7) is 0. The van der Waals surface area contributed by atoms with E-state index in [2.05, 4.69) is 169 Å². The molecular weight excluding hydrogens is 615 g/mol. The molecule has 10 rings (SSSR count). The predicted octanol–water partition coefficient (Wildman–Crippen LogP) is 13.9. The van der Waals surface area contributed by atoms with Gasteiger partial charge in [-0.3, -0.25) is 0 Å². The lowest BCUT2D eigenvalue weighted by Crippen LogP contribution is -2.10. The molecule has 0 unspecified atom stereocenters. The molecule has 49 heavy (non-hydrogen) atoms. The predicted molar refractivity (Wildman–Crippen MR) is 210 cm³/mol. The van der Waals surface area contributed by atoms with Gasteiger partial charge in [-0.1, -0.05) is 140 Å². The molecule has 0 radical (unpaired) electrons. The number of hydrogen-bond donors (Lipinski definition) is 0. The van der Waals surface area contributed by atoms with Gasteiger partial charge in [-0.05, 0) is 58.0 Å². The second kappa shape index (κ2) is 11.2. The number of fused-ring (bicyclic) bond motifs is 7. The van der Waals surface area contributed by atoms with Crippen molar-refractivity contribution >= 4 is 81.3 Å². The Labute approximate surface area is 287 Å². The van der Waals surface area contributed by atoms with Crippen LogP contribution in [0.2, 0.25) is 0 Å². The summed E-state index contributed by atoms with van der Waals surface area (Å²) in [6, 6.07) is 63.1. The standard InChI is InChI=1S/C46H29NOS/c1-3-13-30(14-4-1)33-27-28-41(36-18-8-7-17-35(33)36)47(32-25-26-38-37-19-9-10-24-43(37)48-44(38)29-32)42-23-12-22-40-39-21-11-20-34(45(39)49-46(40)42)31-15-5-2-6-16-31/h1-29H. The Bertz CT molecular complexity index is 2830. The molecule has 0 fully saturated rings. The summed E-state index contributed by atoms with van der Waals surface area (Å²) in [7, 11) is 0. The fourth-order valence-corrected chi connectivity index (χ4v) is 8.78. The molecule has 10 aromatic rings. The maximum absolute atomic E-state index is 6.46. The number of para-hydroxylation sites is 1. The third-order valence-electron chi connectivity index (χ3n) is 9.68. The minimum absolute atomic E-state index is 0.879. The quantitative estimate of drug-likeness (QED) is 0.186. The van der Waals surface area contributed by atoms with Crippen LogP contribution in [0.15, 0.2) is 180 Å². The van der Waals surface area contributed by atoms with Crippen LogP contribution in [0, 0.1) is 0 Å². The third kappa shape index (κ3) is 4.47. The minimum atomic E-state index is 0.879. The molecule has 0 aliphatic carbocycles. The van der Waals surface area contributed by atoms with Crippen LogP contribution in [0.3, 0.4) is 0 Å². The molecule has 0 atom stereocenters. The summed E-state index contributed by atoms with van der Waals surface area (Å²) < 4.78 is 9.01. The van der Waals surface area contributed by atoms with Crippen molar-refractivity contribution in [2.45, 2.75) is 0 Å². The molecule has 2 aromatic heterocycles. The average Bonchev–Trinajstić information content (AvgIpc) is 3.74. The first-order valence-corrected chi connectivity index (χ1v) is 17.4. The Kier molecular flexibility index (Phi) is 6.39. The summed E-state index contributed by atoms with van der Waals surface area (Å²) >= 11 is 1.88. The summed E-state index contributed by atoms with van der Waals surface area (Å²) in [5.74, 6) is 0. The Morgan fingerprint density at radius 3 is 1.78 bits per heavy atom. The topological polar surface area (TPSA) is 16.4 Å². The van der Waals surface area contributed by atoms with Crippen LogP contribution in [0.5, 0.6) is 0 Å². The molecule has 0 spiro atoms. The first-order valence-electron chi connectivity index (χ1n) is 16.6. The zero-order chi connectivity index (χ0) is 32.3. The molecule has 3 heteroatoms. The smallest absolute Gasteiger partial charge is 0.137 e. The maximum atomic E-state index is 6.46. The average molecular weight is 644 g/mol. The molecule has 0 aliphatic heterocycles. The first-order chi connectivity index (χ1) is 24.3. The fourth-order valence-electron chi connectivity index (χ4n) is 7.44. The SMILES string of the molecule is c1ccc(-c2ccc(N(c3ccc4c(c3)oc3ccccc34)c3cccc4c3sc3c(-c5ccccc5)cccc34)c3ccccc23)cc1. The van der Waals surface area contributed by atoms with E-state index in [9.17, 15) is 0 Å². The largest absolute Gasteiger partial charge is 0.456 e. The molecule has 0 saturated carbocycles. The number of hydrogen-bond acceptors (Lipinski definition) is 3. The van der Waals surface area contributed by atoms with Gasteiger partial charge in [0.25, 0.3) is 0 Å². The molecule has 0 N–H and O–H groups in total. The van der Waals surface area contributed by atoms with Gasteiger partial charge in [0.05, 0.1) is 16.1 Å². The van der Waals surface area contributed by atoms with Gasteiger partial charge in [0.2, 0.25) is 0 Å². The van der Waals surface area contributed by atoms with E-state index < -0.39 is 0 Å². The van der Waals surface area contributed by atoms with Crippen molar-refractivity contribution < 1.29 is 4.42 Å². The van der Waals surface area contributed by atoms with Crippen molar-refractivity contribution in [3.05, 3.63) is 176 Å². The summed E-state index contributed by atoms with van der Waals surface area (Å²) in [5.41, 5.74) is 10.0. The molecular formula is C46H29NOS. The van der Waals surface area contributed by atoms with Crippen LogP contribution < -0.4 is 4.90 Å². The van der Waals surface area contributed by atoms with E-state index in [0.717, 1.165) is 39.0 Å². The minimum Gasteiger partial charge on any atom is -0.456 e. The summed E-state index contributed by atoms with van der Waals surface area (Å²) in [4.78, 5) is 2.43. The van der Waals surface area contributed by atoms with Gasteiger partial charge in [-0.2, -0.15) is 0 Å². The first kappa shape index (κ1) is 27.9. The normalized spacial score (nSPS) is 11.7. The van der Waals surface area contributed by atoms with Crippen LogP contribution >= 0.6 is 11.3 Å². The van der Waals surface area contributed by atoms with E-state index in [4.69, 9.17) is 4.42 Å². The van der Waals surface area contributed by atoms with Gasteiger partial charge in [0.1, 0.15) is 11.2 Å². The monoisotopic (exact) mass is 643 g/mol. The molecule has 0 bridgehead atoms. The summed E-state index contributed by atoms with van der Waals surface area (Å²) in [5, 5.41) is 7.20. The van der Waals surface area contributed by atoms with Crippen LogP contribution in [0.1, 0.15) is 0 Å². The van der Waals surface area contributed by atoms with Crippen molar-refractivity contribution in [3.8, 4) is 22.3 Å². The van der Waals surface area contributed by atoms with Gasteiger partial charge in [-0.15, -0.1) is 11.3 Å². The number of rotatable bonds is 5. The third-order valence-corrected chi connectivity index (χ3v) is 11.0. The van der Waals surface area contributed by atoms with Gasteiger partial charge < -0.3 is 9.32 Å². The second-order valence-electron chi connectivity index (χ2n) is 12.5. The second-order valence-corrected chi connectivity index (χ2v) is 13.5. The fraction of sp³-hybridized carbons (Fsp3) is 0. The molecule has 8 aromatic carbocycles. The molecule has 2 heterocycles.